The minimum Gasteiger partial charge on any atom is -0.339 e. The summed E-state index contributed by atoms with van der Waals surface area (Å²) in [7, 11) is 1.83. The van der Waals surface area contributed by atoms with Crippen LogP contribution in [0.25, 0.3) is 5.57 Å². The molecule has 0 radical (unpaired) electrons. The van der Waals surface area contributed by atoms with E-state index in [-0.39, 0.29) is 11.8 Å². The van der Waals surface area contributed by atoms with E-state index in [0.29, 0.717) is 17.0 Å². The molecule has 140 valence electrons. The summed E-state index contributed by atoms with van der Waals surface area (Å²) in [5.41, 5.74) is 4.33. The zero-order valence-electron chi connectivity index (χ0n) is 16.0. The van der Waals surface area contributed by atoms with Gasteiger partial charge in [0.15, 0.2) is 0 Å². The first-order valence-corrected chi connectivity index (χ1v) is 9.90. The Bertz CT molecular complexity index is 1090. The van der Waals surface area contributed by atoms with Crippen LogP contribution >= 0.6 is 11.3 Å². The second kappa shape index (κ2) is 7.09. The summed E-state index contributed by atoms with van der Waals surface area (Å²) in [6.45, 7) is 3.92. The van der Waals surface area contributed by atoms with Gasteiger partial charge in [0, 0.05) is 17.6 Å². The first-order chi connectivity index (χ1) is 13.5. The molecule has 4 rings (SSSR count). The van der Waals surface area contributed by atoms with Crippen LogP contribution in [-0.2, 0) is 9.59 Å². The Morgan fingerprint density at radius 2 is 1.64 bits per heavy atom. The van der Waals surface area contributed by atoms with E-state index in [1.165, 1.54) is 16.2 Å². The lowest BCUT2D eigenvalue weighted by Gasteiger charge is -2.22. The van der Waals surface area contributed by atoms with Crippen LogP contribution in [0.15, 0.2) is 71.7 Å². The zero-order chi connectivity index (χ0) is 19.8. The van der Waals surface area contributed by atoms with Crippen molar-refractivity contribution in [1.29, 1.82) is 0 Å². The summed E-state index contributed by atoms with van der Waals surface area (Å²) in [4.78, 5) is 30.8. The summed E-state index contributed by atoms with van der Waals surface area (Å²) in [6.07, 6.45) is 0. The number of anilines is 2. The van der Waals surface area contributed by atoms with E-state index in [9.17, 15) is 9.59 Å². The first kappa shape index (κ1) is 18.2. The second-order valence-corrected chi connectivity index (χ2v) is 7.78. The molecule has 0 spiro atoms. The molecule has 1 aliphatic heterocycles. The van der Waals surface area contributed by atoms with E-state index in [2.05, 4.69) is 0 Å². The number of para-hydroxylation sites is 1. The van der Waals surface area contributed by atoms with Crippen LogP contribution in [0.2, 0.25) is 0 Å². The lowest BCUT2D eigenvalue weighted by Crippen LogP contribution is -2.34. The highest BCUT2D eigenvalue weighted by Gasteiger charge is 2.42. The SMILES string of the molecule is Cc1ccc(N2C(=O)C(c3cccs3)=C(N(C)c3ccccc3)C2=O)c(C)c1. The normalized spacial score (nSPS) is 14.2. The molecule has 0 bridgehead atoms. The van der Waals surface area contributed by atoms with Crippen molar-refractivity contribution in [2.24, 2.45) is 0 Å². The van der Waals surface area contributed by atoms with Gasteiger partial charge in [-0.3, -0.25) is 9.59 Å². The Morgan fingerprint density at radius 3 is 2.29 bits per heavy atom. The number of benzene rings is 2. The second-order valence-electron chi connectivity index (χ2n) is 6.83. The maximum absolute atomic E-state index is 13.5. The molecule has 4 nitrogen and oxygen atoms in total. The average molecular weight is 388 g/mol. The third kappa shape index (κ3) is 2.94. The van der Waals surface area contributed by atoms with Crippen molar-refractivity contribution in [3.8, 4) is 0 Å². The van der Waals surface area contributed by atoms with Crippen LogP contribution in [0, 0.1) is 13.8 Å². The Labute approximate surface area is 168 Å². The third-order valence-electron chi connectivity index (χ3n) is 4.90. The highest BCUT2D eigenvalue weighted by molar-refractivity contribution is 7.11. The van der Waals surface area contributed by atoms with Crippen LogP contribution in [0.5, 0.6) is 0 Å². The minimum absolute atomic E-state index is 0.280. The van der Waals surface area contributed by atoms with Crippen LogP contribution in [0.4, 0.5) is 11.4 Å². The average Bonchev–Trinajstić information content (AvgIpc) is 3.29. The lowest BCUT2D eigenvalue weighted by atomic mass is 10.1. The van der Waals surface area contributed by atoms with Gasteiger partial charge >= 0.3 is 0 Å². The summed E-state index contributed by atoms with van der Waals surface area (Å²) in [5.74, 6) is -0.580. The number of carbonyl (C=O) groups excluding carboxylic acids is 2. The van der Waals surface area contributed by atoms with Gasteiger partial charge < -0.3 is 4.90 Å². The van der Waals surface area contributed by atoms with Gasteiger partial charge in [0.05, 0.1) is 11.3 Å². The lowest BCUT2D eigenvalue weighted by molar-refractivity contribution is -0.120. The molecule has 0 N–H and O–H groups in total. The molecule has 0 unspecified atom stereocenters. The quantitative estimate of drug-likeness (QED) is 0.604. The number of hydrogen-bond donors (Lipinski definition) is 0. The maximum Gasteiger partial charge on any atom is 0.282 e. The molecule has 2 amide bonds. The van der Waals surface area contributed by atoms with Crippen molar-refractivity contribution in [1.82, 2.24) is 0 Å². The third-order valence-corrected chi connectivity index (χ3v) is 5.79. The molecular weight excluding hydrogens is 368 g/mol. The van der Waals surface area contributed by atoms with Crippen molar-refractivity contribution in [3.05, 3.63) is 87.7 Å². The van der Waals surface area contributed by atoms with E-state index in [1.807, 2.05) is 86.9 Å². The fourth-order valence-electron chi connectivity index (χ4n) is 3.53. The van der Waals surface area contributed by atoms with Crippen molar-refractivity contribution < 1.29 is 9.59 Å². The zero-order valence-corrected chi connectivity index (χ0v) is 16.8. The summed E-state index contributed by atoms with van der Waals surface area (Å²) in [6, 6.07) is 19.1. The van der Waals surface area contributed by atoms with Gasteiger partial charge in [-0.2, -0.15) is 0 Å². The topological polar surface area (TPSA) is 40.6 Å². The number of likely N-dealkylation sites (N-methyl/N-ethyl adjacent to an activating group) is 1. The van der Waals surface area contributed by atoms with E-state index in [1.54, 1.807) is 4.90 Å². The van der Waals surface area contributed by atoms with Crippen LogP contribution in [0.1, 0.15) is 16.0 Å². The summed E-state index contributed by atoms with van der Waals surface area (Å²) >= 11 is 1.46. The van der Waals surface area contributed by atoms with Gasteiger partial charge in [-0.25, -0.2) is 4.90 Å². The van der Waals surface area contributed by atoms with Crippen LogP contribution < -0.4 is 9.80 Å². The fraction of sp³-hybridized carbons (Fsp3) is 0.130. The van der Waals surface area contributed by atoms with Crippen LogP contribution in [0.3, 0.4) is 0 Å². The highest BCUT2D eigenvalue weighted by Crippen LogP contribution is 2.38. The molecule has 2 aromatic carbocycles. The molecule has 0 aliphatic carbocycles. The number of hydrogen-bond acceptors (Lipinski definition) is 4. The van der Waals surface area contributed by atoms with Crippen LogP contribution in [-0.4, -0.2) is 18.9 Å². The van der Waals surface area contributed by atoms with Crippen molar-refractivity contribution in [2.75, 3.05) is 16.8 Å². The number of imide groups is 1. The molecule has 0 atom stereocenters. The van der Waals surface area contributed by atoms with Gasteiger partial charge in [-0.1, -0.05) is 42.0 Å². The molecule has 0 fully saturated rings. The van der Waals surface area contributed by atoms with Crippen molar-refractivity contribution >= 4 is 40.1 Å². The Balaban J connectivity index is 1.87. The van der Waals surface area contributed by atoms with Gasteiger partial charge in [-0.15, -0.1) is 11.3 Å². The maximum atomic E-state index is 13.5. The van der Waals surface area contributed by atoms with Gasteiger partial charge in [0.2, 0.25) is 0 Å². The fourth-order valence-corrected chi connectivity index (χ4v) is 4.29. The first-order valence-electron chi connectivity index (χ1n) is 9.02. The monoisotopic (exact) mass is 388 g/mol. The van der Waals surface area contributed by atoms with Gasteiger partial charge in [0.1, 0.15) is 5.70 Å². The molecule has 2 heterocycles. The molecule has 0 saturated heterocycles. The van der Waals surface area contributed by atoms with E-state index in [0.717, 1.165) is 21.7 Å². The highest BCUT2D eigenvalue weighted by atomic mass is 32.1. The summed E-state index contributed by atoms with van der Waals surface area (Å²) < 4.78 is 0. The molecule has 1 aliphatic rings. The Kier molecular flexibility index (Phi) is 4.61. The number of aryl methyl sites for hydroxylation is 2. The standard InChI is InChI=1S/C23H20N2O2S/c1-15-11-12-18(16(2)14-15)25-22(26)20(19-10-7-13-28-19)21(23(25)27)24(3)17-8-5-4-6-9-17/h4-14H,1-3H3. The molecule has 5 heteroatoms. The molecule has 3 aromatic rings. The predicted molar refractivity (Wildman–Crippen MR) is 114 cm³/mol. The number of thiophene rings is 1. The molecule has 0 saturated carbocycles. The number of carbonyl (C=O) groups is 2. The number of rotatable bonds is 4. The Morgan fingerprint density at radius 1 is 0.893 bits per heavy atom. The number of nitrogens with zero attached hydrogens (tertiary/aromatic N) is 2. The van der Waals surface area contributed by atoms with Crippen molar-refractivity contribution in [2.45, 2.75) is 13.8 Å². The molecule has 28 heavy (non-hydrogen) atoms. The van der Waals surface area contributed by atoms with Crippen molar-refractivity contribution in [3.63, 3.8) is 0 Å². The van der Waals surface area contributed by atoms with E-state index in [4.69, 9.17) is 0 Å². The van der Waals surface area contributed by atoms with E-state index >= 15 is 0 Å². The minimum atomic E-state index is -0.299. The largest absolute Gasteiger partial charge is 0.339 e. The Hall–Kier alpha value is -3.18. The van der Waals surface area contributed by atoms with Gasteiger partial charge in [0.25, 0.3) is 11.8 Å². The summed E-state index contributed by atoms with van der Waals surface area (Å²) in [5, 5.41) is 1.92. The molecular formula is C23H20N2O2S. The van der Waals surface area contributed by atoms with Gasteiger partial charge in [-0.05, 0) is 49.1 Å². The van der Waals surface area contributed by atoms with E-state index < -0.39 is 0 Å². The predicted octanol–water partition coefficient (Wildman–Crippen LogP) is 4.79. The smallest absolute Gasteiger partial charge is 0.282 e. The molecule has 1 aromatic heterocycles. The number of amides is 2.